The molecule has 0 aromatic heterocycles. The summed E-state index contributed by atoms with van der Waals surface area (Å²) in [6.07, 6.45) is 8.61. The fourth-order valence-electron chi connectivity index (χ4n) is 5.62. The molecule has 6 heteroatoms. The van der Waals surface area contributed by atoms with Crippen molar-refractivity contribution in [3.05, 3.63) is 35.4 Å². The van der Waals surface area contributed by atoms with Gasteiger partial charge in [0.2, 0.25) is 0 Å². The van der Waals surface area contributed by atoms with Crippen molar-refractivity contribution in [1.82, 2.24) is 15.1 Å². The van der Waals surface area contributed by atoms with E-state index in [1.165, 1.54) is 38.2 Å². The number of urea groups is 1. The van der Waals surface area contributed by atoms with Crippen LogP contribution in [0.2, 0.25) is 0 Å². The summed E-state index contributed by atoms with van der Waals surface area (Å²) in [5.41, 5.74) is 0.581. The lowest BCUT2D eigenvalue weighted by molar-refractivity contribution is 0.0646. The summed E-state index contributed by atoms with van der Waals surface area (Å²) in [6, 6.07) is 4.05. The highest BCUT2D eigenvalue weighted by molar-refractivity contribution is 5.75. The molecule has 2 saturated heterocycles. The van der Waals surface area contributed by atoms with E-state index in [4.69, 9.17) is 0 Å². The summed E-state index contributed by atoms with van der Waals surface area (Å²) in [4.78, 5) is 17.3. The van der Waals surface area contributed by atoms with Gasteiger partial charge in [0.25, 0.3) is 0 Å². The quantitative estimate of drug-likeness (QED) is 0.808. The lowest BCUT2D eigenvalue weighted by atomic mass is 9.78. The number of amides is 2. The molecule has 0 bridgehead atoms. The Morgan fingerprint density at radius 2 is 1.89 bits per heavy atom. The van der Waals surface area contributed by atoms with Gasteiger partial charge in [-0.25, -0.2) is 13.6 Å². The summed E-state index contributed by atoms with van der Waals surface area (Å²) >= 11 is 0. The van der Waals surface area contributed by atoms with E-state index >= 15 is 0 Å². The van der Waals surface area contributed by atoms with Gasteiger partial charge in [0, 0.05) is 31.2 Å². The van der Waals surface area contributed by atoms with Gasteiger partial charge in [0.1, 0.15) is 0 Å². The number of carbonyl (C=O) groups excluding carboxylic acids is 1. The maximum Gasteiger partial charge on any atom is 0.320 e. The van der Waals surface area contributed by atoms with E-state index in [0.29, 0.717) is 18.5 Å². The summed E-state index contributed by atoms with van der Waals surface area (Å²) in [5.74, 6) is -1.67. The predicted molar refractivity (Wildman–Crippen MR) is 105 cm³/mol. The van der Waals surface area contributed by atoms with Crippen LogP contribution in [0.15, 0.2) is 18.2 Å². The molecule has 3 fully saturated rings. The number of piperidine rings is 2. The molecule has 4 nitrogen and oxygen atoms in total. The number of likely N-dealkylation sites (tertiary alicyclic amines) is 2. The highest BCUT2D eigenvalue weighted by Gasteiger charge is 2.42. The SMILES string of the molecule is CNC1CCN(C(=O)N2CCCC3(CCCC3)C2)C(c2cccc(F)c2F)C1. The lowest BCUT2D eigenvalue weighted by Gasteiger charge is -2.46. The molecule has 1 aliphatic carbocycles. The first-order chi connectivity index (χ1) is 13.5. The van der Waals surface area contributed by atoms with Crippen molar-refractivity contribution < 1.29 is 13.6 Å². The third-order valence-corrected chi connectivity index (χ3v) is 7.19. The Morgan fingerprint density at radius 1 is 1.14 bits per heavy atom. The zero-order valence-corrected chi connectivity index (χ0v) is 16.7. The van der Waals surface area contributed by atoms with Crippen molar-refractivity contribution in [1.29, 1.82) is 0 Å². The van der Waals surface area contributed by atoms with Gasteiger partial charge < -0.3 is 15.1 Å². The van der Waals surface area contributed by atoms with Crippen molar-refractivity contribution >= 4 is 6.03 Å². The van der Waals surface area contributed by atoms with Crippen LogP contribution < -0.4 is 5.32 Å². The lowest BCUT2D eigenvalue weighted by Crippen LogP contribution is -2.54. The van der Waals surface area contributed by atoms with E-state index in [1.54, 1.807) is 11.0 Å². The maximum absolute atomic E-state index is 14.6. The summed E-state index contributed by atoms with van der Waals surface area (Å²) in [7, 11) is 1.88. The van der Waals surface area contributed by atoms with Crippen LogP contribution in [0.5, 0.6) is 0 Å². The second-order valence-electron chi connectivity index (χ2n) is 8.88. The minimum absolute atomic E-state index is 0.00538. The molecule has 2 heterocycles. The molecule has 4 rings (SSSR count). The highest BCUT2D eigenvalue weighted by atomic mass is 19.2. The smallest absolute Gasteiger partial charge is 0.320 e. The summed E-state index contributed by atoms with van der Waals surface area (Å²) in [5, 5.41) is 3.25. The molecular formula is C22H31F2N3O. The molecule has 1 aromatic rings. The fraction of sp³-hybridized carbons (Fsp3) is 0.682. The van der Waals surface area contributed by atoms with E-state index in [0.717, 1.165) is 32.0 Å². The summed E-state index contributed by atoms with van der Waals surface area (Å²) < 4.78 is 28.5. The van der Waals surface area contributed by atoms with Gasteiger partial charge in [0.15, 0.2) is 11.6 Å². The Hall–Kier alpha value is -1.69. The molecule has 1 spiro atoms. The number of carbonyl (C=O) groups is 1. The Kier molecular flexibility index (Phi) is 5.59. The van der Waals surface area contributed by atoms with Crippen LogP contribution in [0.1, 0.15) is 63.0 Å². The maximum atomic E-state index is 14.6. The second kappa shape index (κ2) is 7.97. The first-order valence-electron chi connectivity index (χ1n) is 10.7. The van der Waals surface area contributed by atoms with Crippen LogP contribution in [0.3, 0.4) is 0 Å². The zero-order valence-electron chi connectivity index (χ0n) is 16.7. The standard InChI is InChI=1S/C22H31F2N3O/c1-25-16-8-13-27(19(14-16)17-6-4-7-18(23)20(17)24)21(28)26-12-5-11-22(15-26)9-2-3-10-22/h4,6-7,16,19,25H,2-3,5,8-15H2,1H3. The third kappa shape index (κ3) is 3.63. The van der Waals surface area contributed by atoms with Gasteiger partial charge in [-0.05, 0) is 57.1 Å². The van der Waals surface area contributed by atoms with Crippen LogP contribution in [-0.4, -0.2) is 48.6 Å². The Bertz CT molecular complexity index is 720. The van der Waals surface area contributed by atoms with E-state index in [2.05, 4.69) is 5.32 Å². The van der Waals surface area contributed by atoms with Gasteiger partial charge in [-0.2, -0.15) is 0 Å². The zero-order chi connectivity index (χ0) is 19.7. The molecule has 1 saturated carbocycles. The van der Waals surface area contributed by atoms with Crippen molar-refractivity contribution in [2.45, 2.75) is 63.5 Å². The van der Waals surface area contributed by atoms with Crippen LogP contribution in [0.25, 0.3) is 0 Å². The monoisotopic (exact) mass is 391 g/mol. The van der Waals surface area contributed by atoms with Crippen LogP contribution in [0.4, 0.5) is 13.6 Å². The normalized spacial score (nSPS) is 27.4. The van der Waals surface area contributed by atoms with Crippen molar-refractivity contribution in [2.75, 3.05) is 26.7 Å². The number of nitrogens with one attached hydrogen (secondary N) is 1. The van der Waals surface area contributed by atoms with E-state index < -0.39 is 17.7 Å². The van der Waals surface area contributed by atoms with Gasteiger partial charge in [-0.1, -0.05) is 25.0 Å². The van der Waals surface area contributed by atoms with E-state index in [-0.39, 0.29) is 17.5 Å². The Morgan fingerprint density at radius 3 is 2.64 bits per heavy atom. The second-order valence-corrected chi connectivity index (χ2v) is 8.88. The number of hydrogen-bond acceptors (Lipinski definition) is 2. The molecule has 154 valence electrons. The van der Waals surface area contributed by atoms with Crippen molar-refractivity contribution in [3.63, 3.8) is 0 Å². The average Bonchev–Trinajstić information content (AvgIpc) is 3.16. The number of nitrogens with zero attached hydrogens (tertiary/aromatic N) is 2. The molecule has 2 amide bonds. The van der Waals surface area contributed by atoms with Gasteiger partial charge in [0.05, 0.1) is 6.04 Å². The van der Waals surface area contributed by atoms with Gasteiger partial charge in [-0.3, -0.25) is 0 Å². The van der Waals surface area contributed by atoms with Crippen LogP contribution >= 0.6 is 0 Å². The van der Waals surface area contributed by atoms with Gasteiger partial charge >= 0.3 is 6.03 Å². The number of halogens is 2. The van der Waals surface area contributed by atoms with E-state index in [9.17, 15) is 13.6 Å². The number of rotatable bonds is 2. The molecule has 2 atom stereocenters. The topological polar surface area (TPSA) is 35.6 Å². The van der Waals surface area contributed by atoms with Crippen LogP contribution in [-0.2, 0) is 0 Å². The molecule has 3 aliphatic rings. The molecule has 28 heavy (non-hydrogen) atoms. The summed E-state index contributed by atoms with van der Waals surface area (Å²) in [6.45, 7) is 2.15. The van der Waals surface area contributed by atoms with Crippen molar-refractivity contribution in [3.8, 4) is 0 Å². The minimum atomic E-state index is -0.848. The van der Waals surface area contributed by atoms with E-state index in [1.807, 2.05) is 11.9 Å². The highest BCUT2D eigenvalue weighted by Crippen LogP contribution is 2.45. The predicted octanol–water partition coefficient (Wildman–Crippen LogP) is 4.47. The Balaban J connectivity index is 1.58. The minimum Gasteiger partial charge on any atom is -0.324 e. The molecular weight excluding hydrogens is 360 g/mol. The fourth-order valence-corrected chi connectivity index (χ4v) is 5.62. The molecule has 1 aromatic carbocycles. The molecule has 2 aliphatic heterocycles. The average molecular weight is 392 g/mol. The molecule has 0 radical (unpaired) electrons. The largest absolute Gasteiger partial charge is 0.324 e. The van der Waals surface area contributed by atoms with Crippen molar-refractivity contribution in [2.24, 2.45) is 5.41 Å². The number of hydrogen-bond donors (Lipinski definition) is 1. The third-order valence-electron chi connectivity index (χ3n) is 7.19. The molecule has 2 unspecified atom stereocenters. The van der Waals surface area contributed by atoms with Gasteiger partial charge in [-0.15, -0.1) is 0 Å². The van der Waals surface area contributed by atoms with Crippen LogP contribution in [0, 0.1) is 17.0 Å². The first-order valence-corrected chi connectivity index (χ1v) is 10.7. The molecule has 1 N–H and O–H groups in total. The first kappa shape index (κ1) is 19.6. The Labute approximate surface area is 166 Å². The number of benzene rings is 1.